The summed E-state index contributed by atoms with van der Waals surface area (Å²) in [5.41, 5.74) is 0.712. The fraction of sp³-hybridized carbons (Fsp3) is 0.618. The van der Waals surface area contributed by atoms with Crippen molar-refractivity contribution < 1.29 is 29.0 Å². The molecule has 4 aliphatic rings. The van der Waals surface area contributed by atoms with Crippen molar-refractivity contribution in [2.24, 2.45) is 11.8 Å². The van der Waals surface area contributed by atoms with Crippen LogP contribution in [0.2, 0.25) is 0 Å². The number of aliphatic hydroxyl groups is 1. The van der Waals surface area contributed by atoms with E-state index in [0.717, 1.165) is 25.3 Å². The van der Waals surface area contributed by atoms with Crippen LogP contribution < -0.4 is 9.64 Å². The zero-order chi connectivity index (χ0) is 32.2. The molecule has 0 saturated carbocycles. The third-order valence-corrected chi connectivity index (χ3v) is 11.8. The molecular weight excluding hydrogens is 592 g/mol. The average molecular weight is 641 g/mol. The van der Waals surface area contributed by atoms with Crippen LogP contribution in [0.5, 0.6) is 5.75 Å². The van der Waals surface area contributed by atoms with E-state index in [0.29, 0.717) is 64.5 Å². The van der Waals surface area contributed by atoms with Crippen LogP contribution in [0, 0.1) is 11.8 Å². The standard InChI is InChI=1S/C34H48N4O6S/c1-5-15-36(19-18-35-20-23-43-24-21-35)32(42)29-34-14-13-33(4,45-34)27(28(34)31(41)38(29)17-8-22-39)30(40)37(16-6-2)25-9-11-26(12-10-25)44-7-3/h5-6,9-12,27-29,39H,1-2,7-8,13-24H2,3-4H3/t27-,28+,29?,33+,34?/m1/s1. The summed E-state index contributed by atoms with van der Waals surface area (Å²) in [7, 11) is 0. The molecule has 0 radical (unpaired) electrons. The van der Waals surface area contributed by atoms with E-state index in [1.807, 2.05) is 36.1 Å². The molecule has 3 amide bonds. The quantitative estimate of drug-likeness (QED) is 0.292. The number of hydrogen-bond donors (Lipinski definition) is 1. The highest BCUT2D eigenvalue weighted by molar-refractivity contribution is 8.02. The van der Waals surface area contributed by atoms with Gasteiger partial charge in [0.2, 0.25) is 17.7 Å². The zero-order valence-corrected chi connectivity index (χ0v) is 27.5. The van der Waals surface area contributed by atoms with Crippen LogP contribution >= 0.6 is 11.8 Å². The monoisotopic (exact) mass is 640 g/mol. The summed E-state index contributed by atoms with van der Waals surface area (Å²) >= 11 is 1.67. The first-order valence-corrected chi connectivity index (χ1v) is 17.0. The molecule has 4 heterocycles. The SMILES string of the molecule is C=CCN(CCN1CCOCC1)C(=O)C1N(CCCO)C(=O)[C@@H]2[C@H](C(=O)N(CC=C)c3ccc(OCC)cc3)[C@]3(C)CCC12S3. The molecule has 0 aromatic heterocycles. The molecule has 2 bridgehead atoms. The minimum Gasteiger partial charge on any atom is -0.494 e. The van der Waals surface area contributed by atoms with Crippen molar-refractivity contribution in [3.63, 3.8) is 0 Å². The number of hydrogen-bond acceptors (Lipinski definition) is 8. The van der Waals surface area contributed by atoms with Crippen LogP contribution in [-0.2, 0) is 19.1 Å². The molecule has 45 heavy (non-hydrogen) atoms. The molecule has 10 nitrogen and oxygen atoms in total. The van der Waals surface area contributed by atoms with Crippen LogP contribution in [0.3, 0.4) is 0 Å². The number of morpholine rings is 1. The van der Waals surface area contributed by atoms with E-state index in [4.69, 9.17) is 9.47 Å². The van der Waals surface area contributed by atoms with Crippen molar-refractivity contribution in [1.29, 1.82) is 0 Å². The Bertz CT molecular complexity index is 1260. The Hall–Kier alpha value is -2.86. The number of aliphatic hydroxyl groups excluding tert-OH is 1. The molecule has 4 aliphatic heterocycles. The van der Waals surface area contributed by atoms with Crippen molar-refractivity contribution in [2.75, 3.05) is 77.1 Å². The van der Waals surface area contributed by atoms with Gasteiger partial charge in [0.15, 0.2) is 0 Å². The molecule has 1 aromatic rings. The second kappa shape index (κ2) is 14.3. The molecule has 1 N–H and O–H groups in total. The van der Waals surface area contributed by atoms with Crippen LogP contribution in [0.1, 0.15) is 33.1 Å². The predicted molar refractivity (Wildman–Crippen MR) is 176 cm³/mol. The number of thioether (sulfide) groups is 1. The summed E-state index contributed by atoms with van der Waals surface area (Å²) in [4.78, 5) is 51.2. The molecule has 1 spiro atoms. The molecule has 4 fully saturated rings. The number of ether oxygens (including phenoxy) is 2. The van der Waals surface area contributed by atoms with E-state index in [-0.39, 0.29) is 30.9 Å². The Kier molecular flexibility index (Phi) is 10.6. The molecule has 4 saturated heterocycles. The van der Waals surface area contributed by atoms with Crippen LogP contribution in [-0.4, -0.2) is 125 Å². The highest BCUT2D eigenvalue weighted by Gasteiger charge is 2.77. The van der Waals surface area contributed by atoms with Gasteiger partial charge in [-0.1, -0.05) is 12.2 Å². The number of likely N-dealkylation sites (tertiary alicyclic amines) is 1. The van der Waals surface area contributed by atoms with Gasteiger partial charge in [0.25, 0.3) is 0 Å². The Balaban J connectivity index is 1.47. The second-order valence-corrected chi connectivity index (χ2v) is 14.4. The smallest absolute Gasteiger partial charge is 0.247 e. The lowest BCUT2D eigenvalue weighted by Gasteiger charge is -2.38. The number of nitrogens with zero attached hydrogens (tertiary/aromatic N) is 4. The van der Waals surface area contributed by atoms with Crippen molar-refractivity contribution >= 4 is 35.2 Å². The van der Waals surface area contributed by atoms with Crippen molar-refractivity contribution in [3.05, 3.63) is 49.6 Å². The van der Waals surface area contributed by atoms with Gasteiger partial charge in [-0.05, 0) is 57.4 Å². The van der Waals surface area contributed by atoms with E-state index in [9.17, 15) is 19.5 Å². The zero-order valence-electron chi connectivity index (χ0n) is 26.7. The molecule has 2 unspecified atom stereocenters. The summed E-state index contributed by atoms with van der Waals surface area (Å²) in [6.07, 6.45) is 5.21. The molecule has 246 valence electrons. The second-order valence-electron chi connectivity index (χ2n) is 12.5. The highest BCUT2D eigenvalue weighted by atomic mass is 32.2. The van der Waals surface area contributed by atoms with E-state index < -0.39 is 27.4 Å². The maximum atomic E-state index is 14.6. The van der Waals surface area contributed by atoms with Crippen molar-refractivity contribution in [2.45, 2.75) is 48.6 Å². The summed E-state index contributed by atoms with van der Waals surface area (Å²) < 4.78 is 9.88. The van der Waals surface area contributed by atoms with Gasteiger partial charge in [0, 0.05) is 62.9 Å². The fourth-order valence-electron chi connectivity index (χ4n) is 7.78. The summed E-state index contributed by atoms with van der Waals surface area (Å²) in [6, 6.07) is 6.70. The van der Waals surface area contributed by atoms with E-state index >= 15 is 0 Å². The maximum absolute atomic E-state index is 14.6. The lowest BCUT2D eigenvalue weighted by molar-refractivity contribution is -0.143. The van der Waals surface area contributed by atoms with Gasteiger partial charge in [-0.25, -0.2) is 0 Å². The summed E-state index contributed by atoms with van der Waals surface area (Å²) in [5, 5.41) is 9.74. The van der Waals surface area contributed by atoms with Gasteiger partial charge >= 0.3 is 0 Å². The van der Waals surface area contributed by atoms with E-state index in [1.54, 1.807) is 33.7 Å². The molecular formula is C34H48N4O6S. The number of fused-ring (bicyclic) bond motifs is 1. The van der Waals surface area contributed by atoms with Gasteiger partial charge in [0.05, 0.1) is 36.4 Å². The lowest BCUT2D eigenvalue weighted by Crippen LogP contribution is -2.56. The first-order valence-electron chi connectivity index (χ1n) is 16.2. The maximum Gasteiger partial charge on any atom is 0.247 e. The largest absolute Gasteiger partial charge is 0.494 e. The molecule has 5 atom stereocenters. The normalized spacial score (nSPS) is 29.0. The first-order chi connectivity index (χ1) is 21.7. The van der Waals surface area contributed by atoms with Gasteiger partial charge in [-0.3, -0.25) is 19.3 Å². The first kappa shape index (κ1) is 33.5. The average Bonchev–Trinajstić information content (AvgIpc) is 3.61. The summed E-state index contributed by atoms with van der Waals surface area (Å²) in [6.45, 7) is 17.4. The number of rotatable bonds is 15. The van der Waals surface area contributed by atoms with E-state index in [1.165, 1.54) is 0 Å². The Morgan fingerprint density at radius 1 is 1.11 bits per heavy atom. The number of carbonyl (C=O) groups is 3. The molecule has 11 heteroatoms. The van der Waals surface area contributed by atoms with Gasteiger partial charge in [0.1, 0.15) is 11.8 Å². The van der Waals surface area contributed by atoms with E-state index in [2.05, 4.69) is 25.0 Å². The number of anilines is 1. The Labute approximate surface area is 271 Å². The predicted octanol–water partition coefficient (Wildman–Crippen LogP) is 2.81. The number of carbonyl (C=O) groups excluding carboxylic acids is 3. The molecule has 1 aromatic carbocycles. The van der Waals surface area contributed by atoms with Crippen LogP contribution in [0.25, 0.3) is 0 Å². The van der Waals surface area contributed by atoms with Gasteiger partial charge in [-0.15, -0.1) is 24.9 Å². The summed E-state index contributed by atoms with van der Waals surface area (Å²) in [5.74, 6) is -0.908. The number of benzene rings is 1. The Morgan fingerprint density at radius 3 is 2.47 bits per heavy atom. The lowest BCUT2D eigenvalue weighted by atomic mass is 9.66. The minimum absolute atomic E-state index is 0.0895. The minimum atomic E-state index is -0.726. The van der Waals surface area contributed by atoms with Gasteiger partial charge in [-0.2, -0.15) is 0 Å². The van der Waals surface area contributed by atoms with Crippen LogP contribution in [0.15, 0.2) is 49.6 Å². The molecule has 0 aliphatic carbocycles. The fourth-order valence-corrected chi connectivity index (χ4v) is 10.1. The van der Waals surface area contributed by atoms with Crippen molar-refractivity contribution in [3.8, 4) is 5.75 Å². The van der Waals surface area contributed by atoms with Crippen LogP contribution in [0.4, 0.5) is 5.69 Å². The topological polar surface area (TPSA) is 103 Å². The third-order valence-electron chi connectivity index (χ3n) is 9.82. The molecule has 5 rings (SSSR count). The Morgan fingerprint density at radius 2 is 1.82 bits per heavy atom. The van der Waals surface area contributed by atoms with Gasteiger partial charge < -0.3 is 29.3 Å². The number of amides is 3. The van der Waals surface area contributed by atoms with Crippen molar-refractivity contribution in [1.82, 2.24) is 14.7 Å². The highest BCUT2D eigenvalue weighted by Crippen LogP contribution is 2.71. The third kappa shape index (κ3) is 6.28.